The Kier molecular flexibility index (Phi) is 8.18. The van der Waals surface area contributed by atoms with Crippen molar-refractivity contribution in [1.82, 2.24) is 25.1 Å². The van der Waals surface area contributed by atoms with Crippen LogP contribution < -0.4 is 10.6 Å². The summed E-state index contributed by atoms with van der Waals surface area (Å²) in [5, 5.41) is 20.8. The third kappa shape index (κ3) is 6.37. The number of aromatic amines is 1. The first-order valence-corrected chi connectivity index (χ1v) is 13.4. The molecule has 5 aromatic rings. The molecular weight excluding hydrogens is 583 g/mol. The number of nitriles is 1. The van der Waals surface area contributed by atoms with Crippen LogP contribution in [0.15, 0.2) is 66.7 Å². The van der Waals surface area contributed by atoms with E-state index in [4.69, 9.17) is 11.6 Å². The molecule has 3 N–H and O–H groups in total. The summed E-state index contributed by atoms with van der Waals surface area (Å²) >= 11 is 6.02. The number of carbonyl (C=O) groups excluding carboxylic acids is 2. The molecule has 0 saturated carbocycles. The van der Waals surface area contributed by atoms with Gasteiger partial charge in [-0.05, 0) is 67.9 Å². The highest BCUT2D eigenvalue weighted by atomic mass is 35.5. The van der Waals surface area contributed by atoms with E-state index < -0.39 is 17.5 Å². The molecule has 0 atom stereocenters. The van der Waals surface area contributed by atoms with Gasteiger partial charge in [0.25, 0.3) is 5.91 Å². The van der Waals surface area contributed by atoms with Crippen molar-refractivity contribution in [2.75, 3.05) is 18.4 Å². The van der Waals surface area contributed by atoms with Crippen LogP contribution in [-0.4, -0.2) is 44.5 Å². The van der Waals surface area contributed by atoms with Crippen LogP contribution in [0.3, 0.4) is 0 Å². The average molecular weight is 606 g/mol. The van der Waals surface area contributed by atoms with Gasteiger partial charge in [-0.1, -0.05) is 23.7 Å². The molecule has 218 valence electrons. The van der Waals surface area contributed by atoms with Crippen molar-refractivity contribution in [3.63, 3.8) is 0 Å². The lowest BCUT2D eigenvalue weighted by Crippen LogP contribution is -2.26. The average Bonchev–Trinajstić information content (AvgIpc) is 3.55. The molecule has 0 fully saturated rings. The van der Waals surface area contributed by atoms with Crippen molar-refractivity contribution in [3.05, 3.63) is 106 Å². The van der Waals surface area contributed by atoms with Gasteiger partial charge in [0.15, 0.2) is 5.69 Å². The molecule has 0 aliphatic heterocycles. The molecule has 0 bridgehead atoms. The molecule has 0 radical (unpaired) electrons. The SMILES string of the molecule is Cc1nc2ccc(C(=O)NCCCNc3c(C#N)c(C(=O)c4ccc(C(F)(F)F)cc4)nn3-c3ccc(Cl)cc3)cc2[nH]1. The van der Waals surface area contributed by atoms with E-state index in [1.165, 1.54) is 4.68 Å². The second kappa shape index (κ2) is 12.0. The number of anilines is 1. The lowest BCUT2D eigenvalue weighted by molar-refractivity contribution is -0.137. The van der Waals surface area contributed by atoms with Gasteiger partial charge in [0, 0.05) is 29.2 Å². The van der Waals surface area contributed by atoms with Crippen LogP contribution in [-0.2, 0) is 6.18 Å². The minimum absolute atomic E-state index is 0.0528. The fourth-order valence-electron chi connectivity index (χ4n) is 4.44. The Morgan fingerprint density at radius 1 is 1.02 bits per heavy atom. The van der Waals surface area contributed by atoms with Gasteiger partial charge in [-0.3, -0.25) is 9.59 Å². The lowest BCUT2D eigenvalue weighted by Gasteiger charge is -2.11. The van der Waals surface area contributed by atoms with Crippen LogP contribution in [0.1, 0.15) is 49.8 Å². The predicted octanol–water partition coefficient (Wildman–Crippen LogP) is 6.06. The van der Waals surface area contributed by atoms with E-state index in [0.717, 1.165) is 41.1 Å². The number of imidazole rings is 1. The highest BCUT2D eigenvalue weighted by molar-refractivity contribution is 6.30. The molecule has 1 amide bonds. The van der Waals surface area contributed by atoms with Gasteiger partial charge in [-0.2, -0.15) is 23.5 Å². The Morgan fingerprint density at radius 2 is 1.72 bits per heavy atom. The van der Waals surface area contributed by atoms with E-state index in [0.29, 0.717) is 35.8 Å². The zero-order chi connectivity index (χ0) is 30.7. The number of benzene rings is 3. The summed E-state index contributed by atoms with van der Waals surface area (Å²) in [6, 6.07) is 17.4. The summed E-state index contributed by atoms with van der Waals surface area (Å²) in [4.78, 5) is 33.4. The standard InChI is InChI=1S/C30H23ClF3N7O2/c1-17-38-24-12-5-19(15-25(24)39-17)29(43)37-14-2-13-36-28-23(16-35)26(40-41(28)22-10-8-21(31)9-11-22)27(42)18-3-6-20(7-4-18)30(32,33)34/h3-12,15,36H,2,13-14H2,1H3,(H,37,43)(H,38,39). The number of amides is 1. The number of alkyl halides is 3. The van der Waals surface area contributed by atoms with Crippen molar-refractivity contribution in [3.8, 4) is 11.8 Å². The monoisotopic (exact) mass is 605 g/mol. The number of aryl methyl sites for hydroxylation is 1. The molecule has 13 heteroatoms. The molecule has 0 aliphatic carbocycles. The molecule has 5 rings (SSSR count). The maximum absolute atomic E-state index is 13.3. The van der Waals surface area contributed by atoms with Crippen molar-refractivity contribution in [2.45, 2.75) is 19.5 Å². The molecule has 2 aromatic heterocycles. The Bertz CT molecular complexity index is 1850. The molecule has 0 spiro atoms. The van der Waals surface area contributed by atoms with Gasteiger partial charge in [-0.25, -0.2) is 9.67 Å². The topological polar surface area (TPSA) is 128 Å². The van der Waals surface area contributed by atoms with E-state index in [1.54, 1.807) is 42.5 Å². The maximum Gasteiger partial charge on any atom is 0.416 e. The number of carbonyl (C=O) groups is 2. The quantitative estimate of drug-likeness (QED) is 0.138. The van der Waals surface area contributed by atoms with Crippen molar-refractivity contribution >= 4 is 40.1 Å². The summed E-state index contributed by atoms with van der Waals surface area (Å²) in [5.74, 6) is -0.0101. The van der Waals surface area contributed by atoms with Gasteiger partial charge in [0.2, 0.25) is 5.78 Å². The smallest absolute Gasteiger partial charge is 0.369 e. The Labute approximate surface area is 248 Å². The van der Waals surface area contributed by atoms with E-state index in [-0.39, 0.29) is 28.5 Å². The molecule has 2 heterocycles. The highest BCUT2D eigenvalue weighted by Gasteiger charge is 2.31. The first-order chi connectivity index (χ1) is 20.5. The lowest BCUT2D eigenvalue weighted by atomic mass is 10.0. The van der Waals surface area contributed by atoms with Gasteiger partial charge >= 0.3 is 6.18 Å². The number of ketones is 1. The minimum atomic E-state index is -4.56. The van der Waals surface area contributed by atoms with Crippen LogP contribution in [0.25, 0.3) is 16.7 Å². The largest absolute Gasteiger partial charge is 0.416 e. The van der Waals surface area contributed by atoms with E-state index in [9.17, 15) is 28.0 Å². The molecular formula is C30H23ClF3N7O2. The van der Waals surface area contributed by atoms with Crippen molar-refractivity contribution in [1.29, 1.82) is 5.26 Å². The van der Waals surface area contributed by atoms with E-state index >= 15 is 0 Å². The summed E-state index contributed by atoms with van der Waals surface area (Å²) in [5.41, 5.74) is 1.24. The summed E-state index contributed by atoms with van der Waals surface area (Å²) < 4.78 is 40.4. The Balaban J connectivity index is 1.33. The Hall–Kier alpha value is -5.15. The number of H-pyrrole nitrogens is 1. The number of halogens is 4. The number of nitrogens with one attached hydrogen (secondary N) is 3. The van der Waals surface area contributed by atoms with Crippen molar-refractivity contribution < 1.29 is 22.8 Å². The van der Waals surface area contributed by atoms with Crippen LogP contribution in [0.5, 0.6) is 0 Å². The normalized spacial score (nSPS) is 11.3. The van der Waals surface area contributed by atoms with E-state index in [1.807, 2.05) is 13.0 Å². The number of aromatic nitrogens is 4. The van der Waals surface area contributed by atoms with Crippen LogP contribution >= 0.6 is 11.6 Å². The van der Waals surface area contributed by atoms with Gasteiger partial charge in [-0.15, -0.1) is 0 Å². The second-order valence-electron chi connectivity index (χ2n) is 9.57. The Morgan fingerprint density at radius 3 is 2.40 bits per heavy atom. The maximum atomic E-state index is 13.3. The van der Waals surface area contributed by atoms with Crippen LogP contribution in [0, 0.1) is 18.3 Å². The second-order valence-corrected chi connectivity index (χ2v) is 10.0. The third-order valence-corrected chi connectivity index (χ3v) is 6.80. The molecule has 0 aliphatic rings. The van der Waals surface area contributed by atoms with Gasteiger partial charge in [0.05, 0.1) is 22.3 Å². The number of rotatable bonds is 9. The number of hydrogen-bond donors (Lipinski definition) is 3. The highest BCUT2D eigenvalue weighted by Crippen LogP contribution is 2.30. The third-order valence-electron chi connectivity index (χ3n) is 6.55. The minimum Gasteiger partial charge on any atom is -0.369 e. The summed E-state index contributed by atoms with van der Waals surface area (Å²) in [7, 11) is 0. The number of fused-ring (bicyclic) bond motifs is 1. The van der Waals surface area contributed by atoms with Gasteiger partial charge in [0.1, 0.15) is 23.3 Å². The molecule has 3 aromatic carbocycles. The van der Waals surface area contributed by atoms with Crippen LogP contribution in [0.2, 0.25) is 5.02 Å². The first kappa shape index (κ1) is 29.3. The first-order valence-electron chi connectivity index (χ1n) is 13.0. The van der Waals surface area contributed by atoms with Crippen LogP contribution in [0.4, 0.5) is 19.0 Å². The van der Waals surface area contributed by atoms with Crippen molar-refractivity contribution in [2.24, 2.45) is 0 Å². The zero-order valence-corrected chi connectivity index (χ0v) is 23.3. The van der Waals surface area contributed by atoms with Gasteiger partial charge < -0.3 is 15.6 Å². The number of nitrogens with zero attached hydrogens (tertiary/aromatic N) is 4. The van der Waals surface area contributed by atoms with E-state index in [2.05, 4.69) is 25.7 Å². The fraction of sp³-hybridized carbons (Fsp3) is 0.167. The molecule has 0 unspecified atom stereocenters. The number of hydrogen-bond acceptors (Lipinski definition) is 6. The predicted molar refractivity (Wildman–Crippen MR) is 154 cm³/mol. The summed E-state index contributed by atoms with van der Waals surface area (Å²) in [6.45, 7) is 2.43. The summed E-state index contributed by atoms with van der Waals surface area (Å²) in [6.07, 6.45) is -4.10. The fourth-order valence-corrected chi connectivity index (χ4v) is 4.57. The molecule has 0 saturated heterocycles. The zero-order valence-electron chi connectivity index (χ0n) is 22.6. The molecule has 43 heavy (non-hydrogen) atoms. The molecule has 9 nitrogen and oxygen atoms in total.